The smallest absolute Gasteiger partial charge is 0.309 e. The second kappa shape index (κ2) is 23.4. The second-order valence-corrected chi connectivity index (χ2v) is 13.5. The monoisotopic (exact) mass is 578 g/mol. The summed E-state index contributed by atoms with van der Waals surface area (Å²) in [7, 11) is 2.14. The van der Waals surface area contributed by atoms with E-state index in [2.05, 4.69) is 25.8 Å². The van der Waals surface area contributed by atoms with Crippen molar-refractivity contribution in [3.05, 3.63) is 0 Å². The number of esters is 2. The maximum atomic E-state index is 12.9. The summed E-state index contributed by atoms with van der Waals surface area (Å²) >= 11 is 0. The Bertz CT molecular complexity index is 660. The highest BCUT2D eigenvalue weighted by Crippen LogP contribution is 2.42. The van der Waals surface area contributed by atoms with Crippen molar-refractivity contribution in [1.29, 1.82) is 0 Å². The largest absolute Gasteiger partial charge is 0.465 e. The van der Waals surface area contributed by atoms with Crippen molar-refractivity contribution < 1.29 is 19.1 Å². The van der Waals surface area contributed by atoms with Crippen LogP contribution in [0.4, 0.5) is 0 Å². The van der Waals surface area contributed by atoms with Gasteiger partial charge in [0.1, 0.15) is 6.10 Å². The average molecular weight is 578 g/mol. The average Bonchev–Trinajstić information content (AvgIpc) is 3.73. The molecule has 3 atom stereocenters. The van der Waals surface area contributed by atoms with Crippen LogP contribution in [0.2, 0.25) is 0 Å². The first-order chi connectivity index (χ1) is 20.0. The van der Waals surface area contributed by atoms with E-state index in [1.165, 1.54) is 103 Å². The number of hydrogen-bond acceptors (Lipinski definition) is 5. The van der Waals surface area contributed by atoms with Crippen molar-refractivity contribution in [2.75, 3.05) is 26.7 Å². The van der Waals surface area contributed by atoms with E-state index in [0.29, 0.717) is 18.9 Å². The number of ether oxygens (including phenoxy) is 2. The molecule has 1 saturated carbocycles. The highest BCUT2D eigenvalue weighted by Gasteiger charge is 2.37. The molecule has 5 heteroatoms. The molecule has 0 aromatic heterocycles. The van der Waals surface area contributed by atoms with Gasteiger partial charge in [-0.05, 0) is 83.3 Å². The highest BCUT2D eigenvalue weighted by molar-refractivity contribution is 5.72. The van der Waals surface area contributed by atoms with Crippen molar-refractivity contribution in [1.82, 2.24) is 4.90 Å². The van der Waals surface area contributed by atoms with E-state index >= 15 is 0 Å². The van der Waals surface area contributed by atoms with Gasteiger partial charge in [0.15, 0.2) is 0 Å². The van der Waals surface area contributed by atoms with Crippen LogP contribution in [-0.2, 0) is 19.1 Å². The number of likely N-dealkylation sites (tertiary alicyclic amines) is 1. The van der Waals surface area contributed by atoms with Gasteiger partial charge in [-0.2, -0.15) is 0 Å². The van der Waals surface area contributed by atoms with Crippen LogP contribution in [-0.4, -0.2) is 49.7 Å². The van der Waals surface area contributed by atoms with Gasteiger partial charge in [-0.15, -0.1) is 0 Å². The predicted octanol–water partition coefficient (Wildman–Crippen LogP) is 9.65. The summed E-state index contributed by atoms with van der Waals surface area (Å²) in [4.78, 5) is 27.3. The fourth-order valence-electron chi connectivity index (χ4n) is 6.42. The Morgan fingerprint density at radius 2 is 1.24 bits per heavy atom. The molecular weight excluding hydrogens is 510 g/mol. The fraction of sp³-hybridized carbons (Fsp3) is 0.944. The topological polar surface area (TPSA) is 55.8 Å². The first-order valence-corrected chi connectivity index (χ1v) is 18.1. The Morgan fingerprint density at radius 3 is 1.85 bits per heavy atom. The Hall–Kier alpha value is -1.10. The van der Waals surface area contributed by atoms with Crippen LogP contribution in [0.1, 0.15) is 168 Å². The molecule has 1 aliphatic heterocycles. The van der Waals surface area contributed by atoms with Gasteiger partial charge < -0.3 is 14.4 Å². The number of carbonyl (C=O) groups is 2. The first-order valence-electron chi connectivity index (χ1n) is 18.1. The van der Waals surface area contributed by atoms with Gasteiger partial charge in [0.2, 0.25) is 0 Å². The summed E-state index contributed by atoms with van der Waals surface area (Å²) in [6.07, 6.45) is 28.3. The van der Waals surface area contributed by atoms with Crippen LogP contribution in [0.5, 0.6) is 0 Å². The van der Waals surface area contributed by atoms with Crippen molar-refractivity contribution in [3.8, 4) is 0 Å². The van der Waals surface area contributed by atoms with Crippen molar-refractivity contribution >= 4 is 11.9 Å². The number of unbranched alkanes of at least 4 members (excludes halogenated alkanes) is 14. The lowest BCUT2D eigenvalue weighted by atomic mass is 9.97. The van der Waals surface area contributed by atoms with E-state index < -0.39 is 0 Å². The second-order valence-electron chi connectivity index (χ2n) is 13.5. The molecule has 0 amide bonds. The zero-order valence-electron chi connectivity index (χ0n) is 27.5. The maximum absolute atomic E-state index is 12.9. The standard InChI is InChI=1S/C36H67NO4/c1-4-6-8-10-11-14-18-22-34(41-36(39)31-25-27-37(3)28-26-31)23-19-15-12-13-16-20-24-35(38)40-30-33-29-32(33)21-17-9-7-5-2/h31-34H,4-30H2,1-3H3. The van der Waals surface area contributed by atoms with Gasteiger partial charge >= 0.3 is 11.9 Å². The van der Waals surface area contributed by atoms with E-state index in [9.17, 15) is 9.59 Å². The van der Waals surface area contributed by atoms with Gasteiger partial charge in [-0.25, -0.2) is 0 Å². The molecule has 0 spiro atoms. The SMILES string of the molecule is CCCCCCCCCC(CCCCCCCCC(=O)OCC1CC1CCCCCC)OC(=O)C1CCN(C)CC1. The Balaban J connectivity index is 1.51. The number of nitrogens with zero attached hydrogens (tertiary/aromatic N) is 1. The molecule has 0 radical (unpaired) electrons. The third kappa shape index (κ3) is 18.2. The van der Waals surface area contributed by atoms with Crippen LogP contribution in [0.25, 0.3) is 0 Å². The summed E-state index contributed by atoms with van der Waals surface area (Å²) in [5, 5.41) is 0. The van der Waals surface area contributed by atoms with Crippen LogP contribution < -0.4 is 0 Å². The van der Waals surface area contributed by atoms with Gasteiger partial charge in [-0.1, -0.05) is 110 Å². The van der Waals surface area contributed by atoms with Crippen molar-refractivity contribution in [3.63, 3.8) is 0 Å². The minimum absolute atomic E-state index is 0.00117. The Morgan fingerprint density at radius 1 is 0.707 bits per heavy atom. The quantitative estimate of drug-likeness (QED) is 0.0756. The lowest BCUT2D eigenvalue weighted by Gasteiger charge is -2.29. The van der Waals surface area contributed by atoms with E-state index in [0.717, 1.165) is 64.0 Å². The summed E-state index contributed by atoms with van der Waals surface area (Å²) < 4.78 is 11.7. The molecule has 3 unspecified atom stereocenters. The Labute approximate surface area is 254 Å². The summed E-state index contributed by atoms with van der Waals surface area (Å²) in [5.41, 5.74) is 0. The molecule has 1 saturated heterocycles. The molecule has 1 heterocycles. The van der Waals surface area contributed by atoms with E-state index in [1.54, 1.807) is 0 Å². The molecule has 2 rings (SSSR count). The summed E-state index contributed by atoms with van der Waals surface area (Å²) in [5.74, 6) is 1.60. The highest BCUT2D eigenvalue weighted by atomic mass is 16.5. The Kier molecular flexibility index (Phi) is 20.6. The zero-order valence-corrected chi connectivity index (χ0v) is 27.5. The lowest BCUT2D eigenvalue weighted by molar-refractivity contribution is -0.156. The number of carbonyl (C=O) groups excluding carboxylic acids is 2. The van der Waals surface area contributed by atoms with Gasteiger partial charge in [0.05, 0.1) is 12.5 Å². The number of piperidine rings is 1. The lowest BCUT2D eigenvalue weighted by Crippen LogP contribution is -2.35. The minimum atomic E-state index is 0.00117. The first kappa shape index (κ1) is 36.1. The summed E-state index contributed by atoms with van der Waals surface area (Å²) in [6, 6.07) is 0. The van der Waals surface area contributed by atoms with Crippen LogP contribution in [0.15, 0.2) is 0 Å². The maximum Gasteiger partial charge on any atom is 0.309 e. The summed E-state index contributed by atoms with van der Waals surface area (Å²) in [6.45, 7) is 7.17. The fourth-order valence-corrected chi connectivity index (χ4v) is 6.42. The van der Waals surface area contributed by atoms with Crippen LogP contribution in [0.3, 0.4) is 0 Å². The van der Waals surface area contributed by atoms with E-state index in [-0.39, 0.29) is 24.0 Å². The molecule has 5 nitrogen and oxygen atoms in total. The van der Waals surface area contributed by atoms with Crippen LogP contribution >= 0.6 is 0 Å². The van der Waals surface area contributed by atoms with Gasteiger partial charge in [0, 0.05) is 6.42 Å². The molecule has 1 aliphatic carbocycles. The van der Waals surface area contributed by atoms with Crippen molar-refractivity contribution in [2.24, 2.45) is 17.8 Å². The van der Waals surface area contributed by atoms with E-state index in [4.69, 9.17) is 9.47 Å². The van der Waals surface area contributed by atoms with Crippen LogP contribution in [0, 0.1) is 17.8 Å². The molecule has 0 N–H and O–H groups in total. The molecule has 41 heavy (non-hydrogen) atoms. The van der Waals surface area contributed by atoms with E-state index in [1.807, 2.05) is 0 Å². The third-order valence-electron chi connectivity index (χ3n) is 9.58. The minimum Gasteiger partial charge on any atom is -0.465 e. The van der Waals surface area contributed by atoms with Gasteiger partial charge in [-0.3, -0.25) is 9.59 Å². The molecule has 0 aromatic rings. The predicted molar refractivity (Wildman–Crippen MR) is 171 cm³/mol. The molecular formula is C36H67NO4. The molecule has 0 aromatic carbocycles. The van der Waals surface area contributed by atoms with Crippen molar-refractivity contribution in [2.45, 2.75) is 174 Å². The molecule has 2 aliphatic rings. The third-order valence-corrected chi connectivity index (χ3v) is 9.58. The number of hydrogen-bond donors (Lipinski definition) is 0. The molecule has 0 bridgehead atoms. The number of rotatable bonds is 26. The normalized spacial score (nSPS) is 20.2. The molecule has 240 valence electrons. The zero-order chi connectivity index (χ0) is 29.5. The molecule has 2 fully saturated rings. The van der Waals surface area contributed by atoms with Gasteiger partial charge in [0.25, 0.3) is 0 Å².